The van der Waals surface area contributed by atoms with Crippen LogP contribution in [0.25, 0.3) is 0 Å². The number of nitrogens with zero attached hydrogens (tertiary/aromatic N) is 2. The predicted octanol–water partition coefficient (Wildman–Crippen LogP) is 2.88. The molecule has 126 valence electrons. The molecule has 4 heteroatoms. The van der Waals surface area contributed by atoms with Gasteiger partial charge in [-0.05, 0) is 50.9 Å². The topological polar surface area (TPSA) is 45.2 Å². The summed E-state index contributed by atoms with van der Waals surface area (Å²) in [4.78, 5) is 19.0. The highest BCUT2D eigenvalue weighted by Crippen LogP contribution is 2.25. The van der Waals surface area contributed by atoms with E-state index >= 15 is 0 Å². The van der Waals surface area contributed by atoms with E-state index in [0.29, 0.717) is 12.6 Å². The molecule has 1 heterocycles. The van der Waals surface area contributed by atoms with Gasteiger partial charge in [0.25, 0.3) is 0 Å². The second kappa shape index (κ2) is 7.58. The van der Waals surface area contributed by atoms with E-state index in [1.807, 2.05) is 25.2 Å². The molecule has 1 aliphatic rings. The lowest BCUT2D eigenvalue weighted by Gasteiger charge is -2.21. The fraction of sp³-hybridized carbons (Fsp3) is 0.400. The van der Waals surface area contributed by atoms with Crippen molar-refractivity contribution in [3.63, 3.8) is 0 Å². The zero-order valence-corrected chi connectivity index (χ0v) is 14.4. The molecule has 1 aromatic carbocycles. The molecule has 1 saturated carbocycles. The molecular weight excluding hydrogens is 298 g/mol. The second-order valence-corrected chi connectivity index (χ2v) is 6.71. The summed E-state index contributed by atoms with van der Waals surface area (Å²) in [7, 11) is 2.02. The minimum absolute atomic E-state index is 0.0622. The number of aromatic nitrogens is 1. The maximum Gasteiger partial charge on any atom is 0.234 e. The summed E-state index contributed by atoms with van der Waals surface area (Å²) in [6.45, 7) is 2.53. The molecule has 1 atom stereocenters. The first kappa shape index (κ1) is 16.7. The van der Waals surface area contributed by atoms with Crippen molar-refractivity contribution in [3.8, 4) is 0 Å². The van der Waals surface area contributed by atoms with Crippen LogP contribution in [0.5, 0.6) is 0 Å². The molecular formula is C20H25N3O. The zero-order valence-electron chi connectivity index (χ0n) is 14.4. The molecule has 0 bridgehead atoms. The number of hydrogen-bond acceptors (Lipinski definition) is 3. The van der Waals surface area contributed by atoms with Crippen LogP contribution in [0.4, 0.5) is 0 Å². The Morgan fingerprint density at radius 3 is 2.62 bits per heavy atom. The Labute approximate surface area is 143 Å². The largest absolute Gasteiger partial charge is 0.346 e. The smallest absolute Gasteiger partial charge is 0.234 e. The lowest BCUT2D eigenvalue weighted by molar-refractivity contribution is -0.122. The van der Waals surface area contributed by atoms with Gasteiger partial charge in [0.05, 0.1) is 18.3 Å². The van der Waals surface area contributed by atoms with E-state index in [1.165, 1.54) is 24.0 Å². The minimum atomic E-state index is -0.103. The quantitative estimate of drug-likeness (QED) is 0.852. The third-order valence-corrected chi connectivity index (χ3v) is 4.50. The molecule has 1 N–H and O–H groups in total. The standard InChI is InChI=1S/C20H25N3O/c1-15-6-8-16(9-7-15)13-19(18-5-3-4-12-21-18)22-20(24)14-23(2)17-10-11-17/h3-9,12,17,19H,10-11,13-14H2,1-2H3,(H,22,24). The summed E-state index contributed by atoms with van der Waals surface area (Å²) in [5, 5.41) is 3.17. The van der Waals surface area contributed by atoms with E-state index in [1.54, 1.807) is 6.20 Å². The first-order valence-electron chi connectivity index (χ1n) is 8.58. The van der Waals surface area contributed by atoms with Crippen LogP contribution in [0, 0.1) is 6.92 Å². The molecule has 0 radical (unpaired) electrons. The van der Waals surface area contributed by atoms with Crippen molar-refractivity contribution in [2.75, 3.05) is 13.6 Å². The number of amides is 1. The van der Waals surface area contributed by atoms with E-state index in [-0.39, 0.29) is 11.9 Å². The monoisotopic (exact) mass is 323 g/mol. The van der Waals surface area contributed by atoms with Gasteiger partial charge in [-0.15, -0.1) is 0 Å². The molecule has 1 fully saturated rings. The highest BCUT2D eigenvalue weighted by Gasteiger charge is 2.28. The molecule has 1 aromatic heterocycles. The van der Waals surface area contributed by atoms with Crippen molar-refractivity contribution in [2.45, 2.75) is 38.3 Å². The van der Waals surface area contributed by atoms with Gasteiger partial charge in [-0.1, -0.05) is 35.9 Å². The molecule has 1 unspecified atom stereocenters. The molecule has 1 aliphatic carbocycles. The van der Waals surface area contributed by atoms with Crippen molar-refractivity contribution < 1.29 is 4.79 Å². The summed E-state index contributed by atoms with van der Waals surface area (Å²) >= 11 is 0. The van der Waals surface area contributed by atoms with Gasteiger partial charge in [0.15, 0.2) is 0 Å². The van der Waals surface area contributed by atoms with Gasteiger partial charge in [0.2, 0.25) is 5.91 Å². The Hall–Kier alpha value is -2.20. The van der Waals surface area contributed by atoms with Crippen molar-refractivity contribution in [3.05, 3.63) is 65.5 Å². The average Bonchev–Trinajstić information content (AvgIpc) is 3.42. The maximum absolute atomic E-state index is 12.4. The zero-order chi connectivity index (χ0) is 16.9. The number of aryl methyl sites for hydroxylation is 1. The van der Waals surface area contributed by atoms with Crippen LogP contribution >= 0.6 is 0 Å². The van der Waals surface area contributed by atoms with Crippen LogP contribution in [-0.4, -0.2) is 35.4 Å². The average molecular weight is 323 g/mol. The van der Waals surface area contributed by atoms with Crippen LogP contribution in [0.15, 0.2) is 48.7 Å². The Balaban J connectivity index is 1.69. The van der Waals surface area contributed by atoms with E-state index < -0.39 is 0 Å². The van der Waals surface area contributed by atoms with E-state index in [2.05, 4.69) is 46.4 Å². The van der Waals surface area contributed by atoms with Crippen molar-refractivity contribution in [1.29, 1.82) is 0 Å². The molecule has 1 amide bonds. The van der Waals surface area contributed by atoms with Crippen LogP contribution in [-0.2, 0) is 11.2 Å². The molecule has 24 heavy (non-hydrogen) atoms. The predicted molar refractivity (Wildman–Crippen MR) is 95.7 cm³/mol. The Morgan fingerprint density at radius 1 is 1.25 bits per heavy atom. The van der Waals surface area contributed by atoms with Crippen LogP contribution in [0.1, 0.15) is 35.7 Å². The Kier molecular flexibility index (Phi) is 5.26. The lowest BCUT2D eigenvalue weighted by Crippen LogP contribution is -2.39. The van der Waals surface area contributed by atoms with Gasteiger partial charge in [-0.2, -0.15) is 0 Å². The van der Waals surface area contributed by atoms with Gasteiger partial charge in [0.1, 0.15) is 0 Å². The fourth-order valence-corrected chi connectivity index (χ4v) is 2.88. The number of hydrogen-bond donors (Lipinski definition) is 1. The number of carbonyl (C=O) groups is 1. The molecule has 0 aliphatic heterocycles. The first-order valence-corrected chi connectivity index (χ1v) is 8.58. The highest BCUT2D eigenvalue weighted by molar-refractivity contribution is 5.78. The molecule has 4 nitrogen and oxygen atoms in total. The van der Waals surface area contributed by atoms with E-state index in [0.717, 1.165) is 12.1 Å². The minimum Gasteiger partial charge on any atom is -0.346 e. The van der Waals surface area contributed by atoms with Crippen LogP contribution in [0.2, 0.25) is 0 Å². The van der Waals surface area contributed by atoms with Gasteiger partial charge in [0, 0.05) is 12.2 Å². The molecule has 2 aromatic rings. The van der Waals surface area contributed by atoms with Crippen molar-refractivity contribution in [2.24, 2.45) is 0 Å². The third kappa shape index (κ3) is 4.65. The number of benzene rings is 1. The van der Waals surface area contributed by atoms with Crippen LogP contribution in [0.3, 0.4) is 0 Å². The summed E-state index contributed by atoms with van der Waals surface area (Å²) in [5.41, 5.74) is 3.34. The van der Waals surface area contributed by atoms with Gasteiger partial charge < -0.3 is 5.32 Å². The van der Waals surface area contributed by atoms with E-state index in [4.69, 9.17) is 0 Å². The summed E-state index contributed by atoms with van der Waals surface area (Å²) in [6, 6.07) is 14.8. The second-order valence-electron chi connectivity index (χ2n) is 6.71. The first-order chi connectivity index (χ1) is 11.6. The van der Waals surface area contributed by atoms with Crippen LogP contribution < -0.4 is 5.32 Å². The van der Waals surface area contributed by atoms with Crippen molar-refractivity contribution in [1.82, 2.24) is 15.2 Å². The Morgan fingerprint density at radius 2 is 2.00 bits per heavy atom. The SMILES string of the molecule is Cc1ccc(CC(NC(=O)CN(C)C2CC2)c2ccccn2)cc1. The lowest BCUT2D eigenvalue weighted by atomic mass is 10.0. The summed E-state index contributed by atoms with van der Waals surface area (Å²) < 4.78 is 0. The van der Waals surface area contributed by atoms with Gasteiger partial charge in [-0.25, -0.2) is 0 Å². The fourth-order valence-electron chi connectivity index (χ4n) is 2.88. The summed E-state index contributed by atoms with van der Waals surface area (Å²) in [6.07, 6.45) is 4.93. The van der Waals surface area contributed by atoms with Crippen molar-refractivity contribution >= 4 is 5.91 Å². The number of nitrogens with one attached hydrogen (secondary N) is 1. The third-order valence-electron chi connectivity index (χ3n) is 4.50. The summed E-state index contributed by atoms with van der Waals surface area (Å²) in [5.74, 6) is 0.0622. The number of rotatable bonds is 7. The van der Waals surface area contributed by atoms with Gasteiger partial charge >= 0.3 is 0 Å². The molecule has 0 saturated heterocycles. The Bertz CT molecular complexity index is 665. The molecule has 0 spiro atoms. The molecule has 3 rings (SSSR count). The normalized spacial score (nSPS) is 15.3. The van der Waals surface area contributed by atoms with Gasteiger partial charge in [-0.3, -0.25) is 14.7 Å². The highest BCUT2D eigenvalue weighted by atomic mass is 16.2. The number of pyridine rings is 1. The maximum atomic E-state index is 12.4. The van der Waals surface area contributed by atoms with E-state index in [9.17, 15) is 4.79 Å². The number of likely N-dealkylation sites (N-methyl/N-ethyl adjacent to an activating group) is 1. The number of carbonyl (C=O) groups excluding carboxylic acids is 1.